The van der Waals surface area contributed by atoms with Crippen LogP contribution in [0.5, 0.6) is 5.75 Å². The van der Waals surface area contributed by atoms with Crippen molar-refractivity contribution in [3.05, 3.63) is 29.3 Å². The Bertz CT molecular complexity index is 560. The summed E-state index contributed by atoms with van der Waals surface area (Å²) in [6.07, 6.45) is 2.63. The molecule has 0 unspecified atom stereocenters. The van der Waals surface area contributed by atoms with Crippen LogP contribution < -0.4 is 10.6 Å². The number of ether oxygens (including phenoxy) is 1. The zero-order chi connectivity index (χ0) is 17.1. The molecule has 0 aliphatic heterocycles. The average molecular weight is 320 g/mol. The van der Waals surface area contributed by atoms with E-state index in [2.05, 4.69) is 10.6 Å². The topological polar surface area (TPSA) is 70.6 Å². The highest BCUT2D eigenvalue weighted by Gasteiger charge is 2.39. The predicted molar refractivity (Wildman–Crippen MR) is 90.5 cm³/mol. The Morgan fingerprint density at radius 2 is 2.04 bits per heavy atom. The third-order valence-electron chi connectivity index (χ3n) is 4.09. The van der Waals surface area contributed by atoms with E-state index in [1.54, 1.807) is 6.07 Å². The van der Waals surface area contributed by atoms with Crippen LogP contribution in [0.3, 0.4) is 0 Å². The summed E-state index contributed by atoms with van der Waals surface area (Å²) in [6.45, 7) is 8.82. The maximum absolute atomic E-state index is 12.0. The number of carbonyl (C=O) groups excluding carboxylic acids is 1. The summed E-state index contributed by atoms with van der Waals surface area (Å²) >= 11 is 0. The maximum atomic E-state index is 12.0. The van der Waals surface area contributed by atoms with Gasteiger partial charge in [0.15, 0.2) is 0 Å². The van der Waals surface area contributed by atoms with Crippen LogP contribution in [0.1, 0.15) is 51.2 Å². The van der Waals surface area contributed by atoms with Crippen molar-refractivity contribution in [3.8, 4) is 5.75 Å². The number of aryl methyl sites for hydroxylation is 1. The molecule has 1 aliphatic rings. The zero-order valence-corrected chi connectivity index (χ0v) is 14.5. The summed E-state index contributed by atoms with van der Waals surface area (Å²) in [4.78, 5) is 12.0. The third kappa shape index (κ3) is 5.13. The number of phenols is 1. The Morgan fingerprint density at radius 1 is 1.35 bits per heavy atom. The van der Waals surface area contributed by atoms with Gasteiger partial charge in [-0.1, -0.05) is 17.7 Å². The number of benzene rings is 1. The second kappa shape index (κ2) is 6.79. The second-order valence-corrected chi connectivity index (χ2v) is 7.50. The summed E-state index contributed by atoms with van der Waals surface area (Å²) in [5.41, 5.74) is 1.26. The Balaban J connectivity index is 1.87. The van der Waals surface area contributed by atoms with Gasteiger partial charge in [-0.15, -0.1) is 0 Å². The molecular formula is C18H28N2O3. The minimum absolute atomic E-state index is 0.234. The van der Waals surface area contributed by atoms with Crippen molar-refractivity contribution in [3.63, 3.8) is 0 Å². The van der Waals surface area contributed by atoms with E-state index < -0.39 is 5.60 Å². The minimum atomic E-state index is -0.490. The van der Waals surface area contributed by atoms with Gasteiger partial charge in [0, 0.05) is 18.7 Å². The number of carbonyl (C=O) groups is 1. The number of nitrogens with one attached hydrogen (secondary N) is 2. The highest BCUT2D eigenvalue weighted by Crippen LogP contribution is 2.31. The molecule has 1 aromatic carbocycles. The van der Waals surface area contributed by atoms with Crippen molar-refractivity contribution < 1.29 is 14.6 Å². The number of aromatic hydroxyl groups is 1. The molecule has 1 fully saturated rings. The monoisotopic (exact) mass is 320 g/mol. The fourth-order valence-electron chi connectivity index (χ4n) is 2.76. The van der Waals surface area contributed by atoms with Gasteiger partial charge >= 0.3 is 6.09 Å². The molecule has 0 heterocycles. The molecule has 0 bridgehead atoms. The van der Waals surface area contributed by atoms with Crippen molar-refractivity contribution in [1.82, 2.24) is 10.6 Å². The first-order valence-electron chi connectivity index (χ1n) is 8.20. The molecular weight excluding hydrogens is 292 g/mol. The standard InChI is InChI=1S/C18H28N2O3/c1-13-6-7-15(21)14(10-13)11-19-12-18(8-5-9-18)20-16(22)23-17(2,3)4/h6-7,10,19,21H,5,8-9,11-12H2,1-4H3,(H,20,22). The molecule has 23 heavy (non-hydrogen) atoms. The van der Waals surface area contributed by atoms with Crippen molar-refractivity contribution in [2.45, 2.75) is 64.6 Å². The quantitative estimate of drug-likeness (QED) is 0.779. The molecule has 1 aliphatic carbocycles. The largest absolute Gasteiger partial charge is 0.508 e. The van der Waals surface area contributed by atoms with Gasteiger partial charge in [-0.2, -0.15) is 0 Å². The van der Waals surface area contributed by atoms with Gasteiger partial charge < -0.3 is 20.5 Å². The summed E-state index contributed by atoms with van der Waals surface area (Å²) in [7, 11) is 0. The molecule has 2 rings (SSSR count). The lowest BCUT2D eigenvalue weighted by molar-refractivity contribution is 0.0382. The van der Waals surface area contributed by atoms with Gasteiger partial charge in [-0.3, -0.25) is 0 Å². The van der Waals surface area contributed by atoms with Gasteiger partial charge in [0.25, 0.3) is 0 Å². The first kappa shape index (κ1) is 17.6. The van der Waals surface area contributed by atoms with Gasteiger partial charge in [0.1, 0.15) is 11.4 Å². The Morgan fingerprint density at radius 3 is 2.61 bits per heavy atom. The lowest BCUT2D eigenvalue weighted by Gasteiger charge is -2.42. The number of phenolic OH excluding ortho intramolecular Hbond substituents is 1. The Labute approximate surface area is 138 Å². The van der Waals surface area contributed by atoms with Gasteiger partial charge in [-0.05, 0) is 53.0 Å². The molecule has 0 aromatic heterocycles. The minimum Gasteiger partial charge on any atom is -0.508 e. The van der Waals surface area contributed by atoms with Gasteiger partial charge in [0.05, 0.1) is 5.54 Å². The molecule has 0 saturated heterocycles. The maximum Gasteiger partial charge on any atom is 0.408 e. The smallest absolute Gasteiger partial charge is 0.408 e. The highest BCUT2D eigenvalue weighted by molar-refractivity contribution is 5.69. The Hall–Kier alpha value is -1.75. The highest BCUT2D eigenvalue weighted by atomic mass is 16.6. The van der Waals surface area contributed by atoms with Crippen LogP contribution in [0.25, 0.3) is 0 Å². The normalized spacial score (nSPS) is 16.5. The lowest BCUT2D eigenvalue weighted by Crippen LogP contribution is -2.59. The van der Waals surface area contributed by atoms with E-state index >= 15 is 0 Å². The van der Waals surface area contributed by atoms with Crippen LogP contribution in [0.2, 0.25) is 0 Å². The van der Waals surface area contributed by atoms with Gasteiger partial charge in [0.2, 0.25) is 0 Å². The van der Waals surface area contributed by atoms with E-state index in [4.69, 9.17) is 4.74 Å². The van der Waals surface area contributed by atoms with Crippen molar-refractivity contribution >= 4 is 6.09 Å². The Kier molecular flexibility index (Phi) is 5.19. The molecule has 1 amide bonds. The molecule has 5 heteroatoms. The van der Waals surface area contributed by atoms with Crippen LogP contribution >= 0.6 is 0 Å². The fourth-order valence-corrected chi connectivity index (χ4v) is 2.76. The first-order chi connectivity index (χ1) is 10.7. The van der Waals surface area contributed by atoms with Crippen LogP contribution in [-0.4, -0.2) is 28.9 Å². The zero-order valence-electron chi connectivity index (χ0n) is 14.5. The number of amides is 1. The summed E-state index contributed by atoms with van der Waals surface area (Å²) < 4.78 is 5.35. The molecule has 1 aromatic rings. The number of alkyl carbamates (subject to hydrolysis) is 1. The molecule has 1 saturated carbocycles. The number of hydrogen-bond acceptors (Lipinski definition) is 4. The number of hydrogen-bond donors (Lipinski definition) is 3. The van der Waals surface area contributed by atoms with E-state index in [1.807, 2.05) is 39.8 Å². The molecule has 0 spiro atoms. The van der Waals surface area contributed by atoms with Crippen LogP contribution in [0.4, 0.5) is 4.79 Å². The van der Waals surface area contributed by atoms with Gasteiger partial charge in [-0.25, -0.2) is 4.79 Å². The van der Waals surface area contributed by atoms with E-state index in [-0.39, 0.29) is 11.6 Å². The van der Waals surface area contributed by atoms with Crippen LogP contribution in [-0.2, 0) is 11.3 Å². The lowest BCUT2D eigenvalue weighted by atomic mass is 9.76. The predicted octanol–water partition coefficient (Wildman–Crippen LogP) is 3.24. The van der Waals surface area contributed by atoms with E-state index in [0.717, 1.165) is 30.4 Å². The summed E-state index contributed by atoms with van der Waals surface area (Å²) in [6, 6.07) is 5.57. The van der Waals surface area contributed by atoms with Crippen molar-refractivity contribution in [1.29, 1.82) is 0 Å². The van der Waals surface area contributed by atoms with E-state index in [0.29, 0.717) is 18.8 Å². The number of rotatable bonds is 5. The van der Waals surface area contributed by atoms with Crippen molar-refractivity contribution in [2.75, 3.05) is 6.54 Å². The molecule has 0 radical (unpaired) electrons. The molecule has 5 nitrogen and oxygen atoms in total. The second-order valence-electron chi connectivity index (χ2n) is 7.50. The molecule has 128 valence electrons. The third-order valence-corrected chi connectivity index (χ3v) is 4.09. The van der Waals surface area contributed by atoms with Crippen LogP contribution in [0.15, 0.2) is 18.2 Å². The van der Waals surface area contributed by atoms with Crippen molar-refractivity contribution in [2.24, 2.45) is 0 Å². The summed E-state index contributed by atoms with van der Waals surface area (Å²) in [5.74, 6) is 0.297. The van der Waals surface area contributed by atoms with E-state index in [9.17, 15) is 9.90 Å². The summed E-state index contributed by atoms with van der Waals surface area (Å²) in [5, 5.41) is 16.2. The average Bonchev–Trinajstić information content (AvgIpc) is 2.37. The fraction of sp³-hybridized carbons (Fsp3) is 0.611. The first-order valence-corrected chi connectivity index (χ1v) is 8.20. The SMILES string of the molecule is Cc1ccc(O)c(CNCC2(NC(=O)OC(C)(C)C)CCC2)c1. The van der Waals surface area contributed by atoms with E-state index in [1.165, 1.54) is 0 Å². The van der Waals surface area contributed by atoms with Crippen LogP contribution in [0, 0.1) is 6.92 Å². The molecule has 3 N–H and O–H groups in total. The molecule has 0 atom stereocenters.